The van der Waals surface area contributed by atoms with Crippen molar-refractivity contribution in [3.8, 4) is 0 Å². The smallest absolute Gasteiger partial charge is 0.240 e. The lowest BCUT2D eigenvalue weighted by Gasteiger charge is -2.57. The van der Waals surface area contributed by atoms with Crippen LogP contribution >= 0.6 is 0 Å². The van der Waals surface area contributed by atoms with Crippen LogP contribution < -0.4 is 0 Å². The number of hydrogen-bond donors (Lipinski definition) is 0. The summed E-state index contributed by atoms with van der Waals surface area (Å²) < 4.78 is 12.6. The van der Waals surface area contributed by atoms with E-state index in [1.165, 1.54) is 5.56 Å². The van der Waals surface area contributed by atoms with Gasteiger partial charge in [-0.15, -0.1) is 0 Å². The predicted octanol–water partition coefficient (Wildman–Crippen LogP) is 5.31. The molecule has 1 unspecified atom stereocenters. The van der Waals surface area contributed by atoms with Crippen molar-refractivity contribution >= 4 is 14.2 Å². The van der Waals surface area contributed by atoms with Gasteiger partial charge in [0.1, 0.15) is 0 Å². The van der Waals surface area contributed by atoms with E-state index in [0.29, 0.717) is 19.1 Å². The van der Waals surface area contributed by atoms with Crippen LogP contribution in [0.1, 0.15) is 59.9 Å². The van der Waals surface area contributed by atoms with Crippen LogP contribution in [0.3, 0.4) is 0 Å². The number of fused-ring (bicyclic) bond motifs is 1. The minimum absolute atomic E-state index is 0.0370. The first-order valence-electron chi connectivity index (χ1n) is 12.6. The number of benzene rings is 1. The molecule has 33 heavy (non-hydrogen) atoms. The second-order valence-electron chi connectivity index (χ2n) is 12.2. The van der Waals surface area contributed by atoms with Crippen molar-refractivity contribution in [2.24, 2.45) is 5.92 Å². The first kappa shape index (κ1) is 26.4. The lowest BCUT2D eigenvalue weighted by molar-refractivity contribution is -0.170. The van der Waals surface area contributed by atoms with Gasteiger partial charge in [0, 0.05) is 32.7 Å². The van der Waals surface area contributed by atoms with Crippen LogP contribution in [0.2, 0.25) is 18.1 Å². The molecule has 1 aromatic rings. The third-order valence-corrected chi connectivity index (χ3v) is 13.0. The fourth-order valence-electron chi connectivity index (χ4n) is 5.18. The van der Waals surface area contributed by atoms with E-state index < -0.39 is 8.32 Å². The number of piperazine rings is 1. The highest BCUT2D eigenvalue weighted by Gasteiger charge is 2.52. The maximum atomic E-state index is 14.1. The van der Waals surface area contributed by atoms with E-state index in [4.69, 9.17) is 9.16 Å². The monoisotopic (exact) mass is 474 g/mol. The van der Waals surface area contributed by atoms with E-state index in [9.17, 15) is 4.79 Å². The maximum absolute atomic E-state index is 14.1. The number of hydrogen-bond acceptors (Lipinski definition) is 4. The van der Waals surface area contributed by atoms with Gasteiger partial charge in [0.25, 0.3) is 0 Å². The molecule has 2 aliphatic rings. The van der Waals surface area contributed by atoms with Crippen LogP contribution in [0.5, 0.6) is 0 Å². The fraction of sp³-hybridized carbons (Fsp3) is 0.741. The van der Waals surface area contributed by atoms with E-state index >= 15 is 0 Å². The SMILES string of the molecule is CO[C@@]1(C)CCN2C(C1)C(=O)N(Cc1ccccc1)[C@H](CO[Si](C)(C)C(C)(C)C)[C@H]2C(C)C. The fourth-order valence-corrected chi connectivity index (χ4v) is 6.20. The molecule has 4 atom stereocenters. The Kier molecular flexibility index (Phi) is 7.84. The molecule has 5 nitrogen and oxygen atoms in total. The number of amides is 1. The Morgan fingerprint density at radius 3 is 2.36 bits per heavy atom. The van der Waals surface area contributed by atoms with E-state index in [1.54, 1.807) is 7.11 Å². The lowest BCUT2D eigenvalue weighted by atomic mass is 9.80. The molecule has 2 aliphatic heterocycles. The van der Waals surface area contributed by atoms with Crippen molar-refractivity contribution in [2.45, 2.75) is 103 Å². The van der Waals surface area contributed by atoms with Crippen LogP contribution in [-0.4, -0.2) is 68.0 Å². The zero-order valence-corrected chi connectivity index (χ0v) is 23.4. The molecule has 186 valence electrons. The lowest BCUT2D eigenvalue weighted by Crippen LogP contribution is -2.72. The molecule has 1 aromatic carbocycles. The summed E-state index contributed by atoms with van der Waals surface area (Å²) in [5.74, 6) is 0.640. The molecule has 0 aliphatic carbocycles. The zero-order chi connectivity index (χ0) is 24.6. The molecular weight excluding hydrogens is 428 g/mol. The Hall–Kier alpha value is -1.21. The van der Waals surface area contributed by atoms with Gasteiger partial charge in [-0.3, -0.25) is 9.69 Å². The van der Waals surface area contributed by atoms with Gasteiger partial charge in [0.2, 0.25) is 5.91 Å². The van der Waals surface area contributed by atoms with Crippen molar-refractivity contribution in [3.05, 3.63) is 35.9 Å². The normalized spacial score (nSPS) is 29.5. The van der Waals surface area contributed by atoms with Crippen LogP contribution in [0.15, 0.2) is 30.3 Å². The summed E-state index contributed by atoms with van der Waals surface area (Å²) in [6.07, 6.45) is 1.69. The van der Waals surface area contributed by atoms with Crippen LogP contribution in [0.4, 0.5) is 0 Å². The Morgan fingerprint density at radius 1 is 1.18 bits per heavy atom. The molecule has 0 radical (unpaired) electrons. The highest BCUT2D eigenvalue weighted by Crippen LogP contribution is 2.40. The molecule has 2 fully saturated rings. The third kappa shape index (κ3) is 5.55. The van der Waals surface area contributed by atoms with Gasteiger partial charge in [0.05, 0.1) is 24.3 Å². The molecule has 6 heteroatoms. The average molecular weight is 475 g/mol. The van der Waals surface area contributed by atoms with Gasteiger partial charge >= 0.3 is 0 Å². The Labute approximate surface area is 202 Å². The largest absolute Gasteiger partial charge is 0.415 e. The molecule has 0 N–H and O–H groups in total. The topological polar surface area (TPSA) is 42.0 Å². The Bertz CT molecular complexity index is 807. The van der Waals surface area contributed by atoms with Crippen molar-refractivity contribution in [1.82, 2.24) is 9.80 Å². The van der Waals surface area contributed by atoms with Gasteiger partial charge in [-0.25, -0.2) is 0 Å². The molecule has 2 saturated heterocycles. The molecule has 0 saturated carbocycles. The molecule has 2 heterocycles. The van der Waals surface area contributed by atoms with Gasteiger partial charge in [-0.1, -0.05) is 65.0 Å². The van der Waals surface area contributed by atoms with Crippen LogP contribution in [0.25, 0.3) is 0 Å². The second kappa shape index (κ2) is 9.80. The van der Waals surface area contributed by atoms with Crippen molar-refractivity contribution < 1.29 is 14.0 Å². The second-order valence-corrected chi connectivity index (χ2v) is 17.0. The quantitative estimate of drug-likeness (QED) is 0.502. The number of rotatable bonds is 7. The first-order chi connectivity index (χ1) is 15.3. The summed E-state index contributed by atoms with van der Waals surface area (Å²) in [4.78, 5) is 18.7. The van der Waals surface area contributed by atoms with E-state index in [2.05, 4.69) is 88.7 Å². The summed E-state index contributed by atoms with van der Waals surface area (Å²) in [5, 5.41) is 0.136. The van der Waals surface area contributed by atoms with Crippen molar-refractivity contribution in [3.63, 3.8) is 0 Å². The molecule has 1 amide bonds. The van der Waals surface area contributed by atoms with E-state index in [0.717, 1.165) is 19.4 Å². The summed E-state index contributed by atoms with van der Waals surface area (Å²) in [6.45, 7) is 20.3. The summed E-state index contributed by atoms with van der Waals surface area (Å²) in [5.41, 5.74) is 0.922. The van der Waals surface area contributed by atoms with E-state index in [1.807, 2.05) is 6.07 Å². The summed E-state index contributed by atoms with van der Waals surface area (Å²) in [6, 6.07) is 10.6. The zero-order valence-electron chi connectivity index (χ0n) is 22.4. The van der Waals surface area contributed by atoms with Crippen LogP contribution in [0, 0.1) is 5.92 Å². The van der Waals surface area contributed by atoms with Crippen LogP contribution in [-0.2, 0) is 20.5 Å². The van der Waals surface area contributed by atoms with E-state index in [-0.39, 0.29) is 34.7 Å². The van der Waals surface area contributed by atoms with Gasteiger partial charge in [0.15, 0.2) is 8.32 Å². The molecule has 0 bridgehead atoms. The van der Waals surface area contributed by atoms with Crippen molar-refractivity contribution in [2.75, 3.05) is 20.3 Å². The highest BCUT2D eigenvalue weighted by atomic mass is 28.4. The minimum atomic E-state index is -1.95. The molecule has 3 rings (SSSR count). The van der Waals surface area contributed by atoms with Gasteiger partial charge in [-0.2, -0.15) is 0 Å². The number of methoxy groups -OCH3 is 1. The summed E-state index contributed by atoms with van der Waals surface area (Å²) in [7, 11) is -0.167. The Balaban J connectivity index is 1.97. The predicted molar refractivity (Wildman–Crippen MR) is 138 cm³/mol. The van der Waals surface area contributed by atoms with Crippen molar-refractivity contribution in [1.29, 1.82) is 0 Å². The highest BCUT2D eigenvalue weighted by molar-refractivity contribution is 6.74. The van der Waals surface area contributed by atoms with Gasteiger partial charge in [-0.05, 0) is 43.0 Å². The van der Waals surface area contributed by atoms with Gasteiger partial charge < -0.3 is 14.1 Å². The number of piperidine rings is 1. The molecular formula is C27H46N2O3Si. The number of nitrogens with zero attached hydrogens (tertiary/aromatic N) is 2. The average Bonchev–Trinajstić information content (AvgIpc) is 2.74. The molecule has 0 aromatic heterocycles. The Morgan fingerprint density at radius 2 is 1.82 bits per heavy atom. The number of carbonyl (C=O) groups is 1. The molecule has 0 spiro atoms. The third-order valence-electron chi connectivity index (χ3n) is 8.46. The number of ether oxygens (including phenoxy) is 1. The first-order valence-corrected chi connectivity index (χ1v) is 15.5. The maximum Gasteiger partial charge on any atom is 0.240 e. The minimum Gasteiger partial charge on any atom is -0.415 e. The number of carbonyl (C=O) groups excluding carboxylic acids is 1. The standard InChI is InChI=1S/C27H46N2O3Si/c1-20(2)24-23(19-32-33(8,9)26(3,4)5)29(18-21-13-11-10-12-14-21)25(30)22-17-27(6,31-7)15-16-28(22)24/h10-14,20,22-24H,15-19H2,1-9H3/t22?,23-,24-,27+/m1/s1. The summed E-state index contributed by atoms with van der Waals surface area (Å²) >= 11 is 0.